The Hall–Kier alpha value is -2.93. The Morgan fingerprint density at radius 3 is 2.52 bits per heavy atom. The molecule has 0 spiro atoms. The fourth-order valence-electron chi connectivity index (χ4n) is 3.46. The molecule has 142 valence electrons. The lowest BCUT2D eigenvalue weighted by Crippen LogP contribution is -2.17. The van der Waals surface area contributed by atoms with Gasteiger partial charge in [0.25, 0.3) is 5.69 Å². The van der Waals surface area contributed by atoms with E-state index >= 15 is 0 Å². The van der Waals surface area contributed by atoms with Gasteiger partial charge in [0.1, 0.15) is 5.39 Å². The number of para-hydroxylation sites is 1. The monoisotopic (exact) mass is 368 g/mol. The Labute approximate surface area is 157 Å². The fraction of sp³-hybridized carbons (Fsp3) is 0.350. The molecule has 3 aromatic rings. The molecule has 0 bridgehead atoms. The summed E-state index contributed by atoms with van der Waals surface area (Å²) in [5.41, 5.74) is 2.64. The first-order chi connectivity index (χ1) is 12.8. The van der Waals surface area contributed by atoms with E-state index in [1.54, 1.807) is 6.07 Å². The van der Waals surface area contributed by atoms with Crippen molar-refractivity contribution >= 4 is 27.5 Å². The van der Waals surface area contributed by atoms with E-state index in [9.17, 15) is 15.3 Å². The van der Waals surface area contributed by atoms with Gasteiger partial charge in [-0.15, -0.1) is 0 Å². The van der Waals surface area contributed by atoms with Crippen LogP contribution >= 0.6 is 0 Å². The van der Waals surface area contributed by atoms with Gasteiger partial charge < -0.3 is 10.1 Å². The molecule has 1 aromatic heterocycles. The van der Waals surface area contributed by atoms with Crippen molar-refractivity contribution in [1.82, 2.24) is 9.63 Å². The van der Waals surface area contributed by atoms with Crippen LogP contribution in [0.25, 0.3) is 21.8 Å². The fourth-order valence-corrected chi connectivity index (χ4v) is 3.46. The van der Waals surface area contributed by atoms with E-state index in [0.29, 0.717) is 33.7 Å². The van der Waals surface area contributed by atoms with Crippen LogP contribution in [0.2, 0.25) is 0 Å². The van der Waals surface area contributed by atoms with Crippen LogP contribution in [0.15, 0.2) is 35.3 Å². The average Bonchev–Trinajstić information content (AvgIpc) is 2.60. The quantitative estimate of drug-likeness (QED) is 0.246. The molecule has 3 rings (SSSR count). The number of fused-ring (bicyclic) bond motifs is 2. The number of nitro groups is 1. The van der Waals surface area contributed by atoms with Gasteiger partial charge in [-0.2, -0.15) is 4.73 Å². The largest absolute Gasteiger partial charge is 0.428 e. The Morgan fingerprint density at radius 1 is 1.15 bits per heavy atom. The summed E-state index contributed by atoms with van der Waals surface area (Å²) in [4.78, 5) is 18.1. The lowest BCUT2D eigenvalue weighted by molar-refractivity contribution is -0.383. The molecule has 1 N–H and O–H groups in total. The third-order valence-electron chi connectivity index (χ3n) is 4.74. The number of hydrogen-bond donors (Lipinski definition) is 1. The van der Waals surface area contributed by atoms with E-state index in [1.807, 2.05) is 46.1 Å². The van der Waals surface area contributed by atoms with Gasteiger partial charge in [-0.25, -0.2) is 0 Å². The van der Waals surface area contributed by atoms with Crippen LogP contribution in [0.4, 0.5) is 5.69 Å². The number of aromatic nitrogens is 1. The summed E-state index contributed by atoms with van der Waals surface area (Å²) in [6.45, 7) is 5.17. The second-order valence-electron chi connectivity index (χ2n) is 7.05. The summed E-state index contributed by atoms with van der Waals surface area (Å²) in [6.07, 6.45) is 0.843. The number of nitro benzene ring substituents is 1. The van der Waals surface area contributed by atoms with Gasteiger partial charge in [0.2, 0.25) is 0 Å². The number of non-ortho nitro benzene ring substituents is 1. The lowest BCUT2D eigenvalue weighted by Gasteiger charge is -2.14. The first kappa shape index (κ1) is 18.8. The van der Waals surface area contributed by atoms with Crippen molar-refractivity contribution in [3.05, 3.63) is 56.9 Å². The molecule has 0 aliphatic rings. The normalized spacial score (nSPS) is 12.4. The first-order valence-corrected chi connectivity index (χ1v) is 8.89. The predicted molar refractivity (Wildman–Crippen MR) is 106 cm³/mol. The van der Waals surface area contributed by atoms with E-state index in [4.69, 9.17) is 4.99 Å². The maximum Gasteiger partial charge on any atom is 0.281 e. The third kappa shape index (κ3) is 3.38. The zero-order valence-corrected chi connectivity index (χ0v) is 16.1. The topological polar surface area (TPSA) is 83.9 Å². The predicted octanol–water partition coefficient (Wildman–Crippen LogP) is 3.41. The summed E-state index contributed by atoms with van der Waals surface area (Å²) < 4.78 is 1.07. The minimum absolute atomic E-state index is 0.0480. The molecule has 27 heavy (non-hydrogen) atoms. The Kier molecular flexibility index (Phi) is 5.14. The SMILES string of the molecule is Cc1cccc2c(=NCCCN(C)C)c3c([N+](=O)[O-])ccc(C)c3n(O)c12. The highest BCUT2D eigenvalue weighted by molar-refractivity contribution is 5.99. The van der Waals surface area contributed by atoms with Gasteiger partial charge in [-0.3, -0.25) is 15.1 Å². The zero-order chi connectivity index (χ0) is 19.7. The highest BCUT2D eigenvalue weighted by Gasteiger charge is 2.21. The van der Waals surface area contributed by atoms with Crippen molar-refractivity contribution in [2.45, 2.75) is 20.3 Å². The summed E-state index contributed by atoms with van der Waals surface area (Å²) in [7, 11) is 4.00. The van der Waals surface area contributed by atoms with Crippen molar-refractivity contribution in [3.8, 4) is 0 Å². The van der Waals surface area contributed by atoms with Crippen molar-refractivity contribution < 1.29 is 10.1 Å². The molecule has 0 atom stereocenters. The summed E-state index contributed by atoms with van der Waals surface area (Å²) >= 11 is 0. The highest BCUT2D eigenvalue weighted by atomic mass is 16.6. The summed E-state index contributed by atoms with van der Waals surface area (Å²) in [5, 5.41) is 24.2. The second-order valence-corrected chi connectivity index (χ2v) is 7.05. The maximum absolute atomic E-state index is 11.7. The minimum Gasteiger partial charge on any atom is -0.428 e. The van der Waals surface area contributed by atoms with E-state index in [0.717, 1.165) is 28.8 Å². The van der Waals surface area contributed by atoms with E-state index in [2.05, 4.69) is 4.90 Å². The van der Waals surface area contributed by atoms with Crippen LogP contribution in [0.3, 0.4) is 0 Å². The molecule has 0 saturated heterocycles. The van der Waals surface area contributed by atoms with Crippen LogP contribution in [0.1, 0.15) is 17.5 Å². The molecule has 1 heterocycles. The van der Waals surface area contributed by atoms with Crippen LogP contribution in [-0.4, -0.2) is 46.9 Å². The van der Waals surface area contributed by atoms with Crippen molar-refractivity contribution in [1.29, 1.82) is 0 Å². The van der Waals surface area contributed by atoms with Gasteiger partial charge in [0.15, 0.2) is 0 Å². The van der Waals surface area contributed by atoms with Crippen LogP contribution in [0.5, 0.6) is 0 Å². The summed E-state index contributed by atoms with van der Waals surface area (Å²) in [5.74, 6) is 0. The third-order valence-corrected chi connectivity index (χ3v) is 4.74. The molecular weight excluding hydrogens is 344 g/mol. The van der Waals surface area contributed by atoms with Crippen LogP contribution in [0, 0.1) is 24.0 Å². The molecule has 0 saturated carbocycles. The Balaban J connectivity index is 2.46. The molecule has 7 heteroatoms. The molecule has 2 aromatic carbocycles. The average molecular weight is 368 g/mol. The van der Waals surface area contributed by atoms with Crippen LogP contribution < -0.4 is 5.36 Å². The van der Waals surface area contributed by atoms with Gasteiger partial charge in [-0.1, -0.05) is 24.3 Å². The zero-order valence-electron chi connectivity index (χ0n) is 16.1. The van der Waals surface area contributed by atoms with E-state index in [-0.39, 0.29) is 5.69 Å². The molecule has 0 fully saturated rings. The Morgan fingerprint density at radius 2 is 1.85 bits per heavy atom. The van der Waals surface area contributed by atoms with E-state index in [1.165, 1.54) is 6.07 Å². The molecule has 0 aliphatic carbocycles. The number of pyridine rings is 1. The molecule has 7 nitrogen and oxygen atoms in total. The first-order valence-electron chi connectivity index (χ1n) is 8.89. The number of hydrogen-bond acceptors (Lipinski definition) is 5. The molecule has 0 unspecified atom stereocenters. The van der Waals surface area contributed by atoms with Crippen molar-refractivity contribution in [2.24, 2.45) is 4.99 Å². The highest BCUT2D eigenvalue weighted by Crippen LogP contribution is 2.29. The maximum atomic E-state index is 11.7. The van der Waals surface area contributed by atoms with Crippen LogP contribution in [-0.2, 0) is 0 Å². The lowest BCUT2D eigenvalue weighted by atomic mass is 10.0. The number of aryl methyl sites for hydroxylation is 2. The second kappa shape index (κ2) is 7.36. The Bertz CT molecular complexity index is 1100. The molecule has 0 radical (unpaired) electrons. The molecule has 0 aliphatic heterocycles. The number of benzene rings is 2. The molecular formula is C20H24N4O3. The van der Waals surface area contributed by atoms with Gasteiger partial charge in [0, 0.05) is 18.0 Å². The summed E-state index contributed by atoms with van der Waals surface area (Å²) in [6, 6.07) is 8.78. The number of rotatable bonds is 5. The number of nitrogens with zero attached hydrogens (tertiary/aromatic N) is 4. The van der Waals surface area contributed by atoms with Gasteiger partial charge in [-0.05, 0) is 52.0 Å². The van der Waals surface area contributed by atoms with Gasteiger partial charge in [0.05, 0.1) is 21.3 Å². The minimum atomic E-state index is -0.414. The molecule has 0 amide bonds. The smallest absolute Gasteiger partial charge is 0.281 e. The van der Waals surface area contributed by atoms with Crippen molar-refractivity contribution in [3.63, 3.8) is 0 Å². The van der Waals surface area contributed by atoms with E-state index < -0.39 is 4.92 Å². The van der Waals surface area contributed by atoms with Gasteiger partial charge >= 0.3 is 0 Å². The standard InChI is InChI=1S/C20H24N4O3/c1-13-7-5-8-15-18(21-11-6-12-22(3)4)17-16(24(26)27)10-9-14(2)20(17)23(25)19(13)15/h5,7-10,25H,6,11-12H2,1-4H3. The van der Waals surface area contributed by atoms with Crippen molar-refractivity contribution in [2.75, 3.05) is 27.2 Å².